The van der Waals surface area contributed by atoms with Crippen LogP contribution in [0.5, 0.6) is 5.75 Å². The van der Waals surface area contributed by atoms with E-state index in [9.17, 15) is 26.7 Å². The molecular weight excluding hydrogens is 377 g/mol. The zero-order valence-electron chi connectivity index (χ0n) is 13.8. The maximum Gasteiger partial charge on any atom is 0.422 e. The molecule has 1 aliphatic heterocycles. The highest BCUT2D eigenvalue weighted by Crippen LogP contribution is 2.29. The maximum absolute atomic E-state index is 14.3. The summed E-state index contributed by atoms with van der Waals surface area (Å²) in [5, 5.41) is 3.80. The molecule has 11 heteroatoms. The van der Waals surface area contributed by atoms with Gasteiger partial charge in [0.15, 0.2) is 30.2 Å². The molecule has 0 atom stereocenters. The number of allylic oxidation sites excluding steroid dienone is 1. The smallest absolute Gasteiger partial charge is 0.422 e. The molecule has 6 nitrogen and oxygen atoms in total. The predicted octanol–water partition coefficient (Wildman–Crippen LogP) is 3.21. The monoisotopic (exact) mass is 389 g/mol. The summed E-state index contributed by atoms with van der Waals surface area (Å²) in [5.41, 5.74) is 0.367. The van der Waals surface area contributed by atoms with E-state index in [1.165, 1.54) is 19.2 Å². The van der Waals surface area contributed by atoms with Crippen molar-refractivity contribution in [1.82, 2.24) is 14.5 Å². The fourth-order valence-corrected chi connectivity index (χ4v) is 2.38. The first-order valence-corrected chi connectivity index (χ1v) is 7.49. The molecule has 0 N–H and O–H groups in total. The van der Waals surface area contributed by atoms with E-state index >= 15 is 0 Å². The predicted molar refractivity (Wildman–Crippen MR) is 82.0 cm³/mol. The molecule has 0 saturated heterocycles. The number of likely N-dealkylation sites (N-methyl/N-ethyl adjacent to an activating group) is 1. The van der Waals surface area contributed by atoms with Gasteiger partial charge >= 0.3 is 6.18 Å². The summed E-state index contributed by atoms with van der Waals surface area (Å²) in [6.45, 7) is -1.96. The molecule has 0 saturated carbocycles. The van der Waals surface area contributed by atoms with Gasteiger partial charge in [-0.05, 0) is 6.07 Å². The van der Waals surface area contributed by atoms with Crippen LogP contribution in [0.1, 0.15) is 10.5 Å². The van der Waals surface area contributed by atoms with Crippen molar-refractivity contribution in [2.24, 2.45) is 0 Å². The van der Waals surface area contributed by atoms with Crippen molar-refractivity contribution in [2.45, 2.75) is 6.18 Å². The van der Waals surface area contributed by atoms with Crippen molar-refractivity contribution in [2.75, 3.05) is 20.2 Å². The van der Waals surface area contributed by atoms with E-state index < -0.39 is 30.2 Å². The highest BCUT2D eigenvalue weighted by atomic mass is 19.4. The normalized spacial score (nSPS) is 15.2. The molecule has 0 unspecified atom stereocenters. The zero-order chi connectivity index (χ0) is 19.8. The van der Waals surface area contributed by atoms with E-state index in [1.807, 2.05) is 0 Å². The molecule has 3 rings (SSSR count). The van der Waals surface area contributed by atoms with Crippen LogP contribution in [-0.2, 0) is 4.74 Å². The molecule has 3 heterocycles. The minimum atomic E-state index is -4.65. The standard InChI is InChI=1S/C16H12F5N3O3/c1-23-5-9(17)2-14(26-8-16(19,20)21)15(23)27-13-4-11-3-10(7-25)22-24(11)6-12(13)18/h2-4,6-7H,5,8H2,1H3. The first-order valence-electron chi connectivity index (χ1n) is 7.49. The number of hydrogen-bond acceptors (Lipinski definition) is 5. The molecule has 0 bridgehead atoms. The number of halogens is 5. The van der Waals surface area contributed by atoms with Gasteiger partial charge < -0.3 is 14.4 Å². The van der Waals surface area contributed by atoms with Crippen LogP contribution in [0.25, 0.3) is 5.52 Å². The minimum Gasteiger partial charge on any atom is -0.478 e. The van der Waals surface area contributed by atoms with Gasteiger partial charge in [-0.15, -0.1) is 0 Å². The molecular formula is C16H12F5N3O3. The van der Waals surface area contributed by atoms with Crippen molar-refractivity contribution >= 4 is 11.8 Å². The molecule has 27 heavy (non-hydrogen) atoms. The minimum absolute atomic E-state index is 0.0553. The average Bonchev–Trinajstić information content (AvgIpc) is 2.96. The molecule has 0 aliphatic carbocycles. The van der Waals surface area contributed by atoms with Crippen molar-refractivity contribution in [3.05, 3.63) is 53.4 Å². The van der Waals surface area contributed by atoms with Crippen molar-refractivity contribution in [1.29, 1.82) is 0 Å². The molecule has 0 aromatic carbocycles. The first kappa shape index (κ1) is 18.7. The lowest BCUT2D eigenvalue weighted by Crippen LogP contribution is -2.29. The lowest BCUT2D eigenvalue weighted by molar-refractivity contribution is -0.165. The van der Waals surface area contributed by atoms with E-state index in [0.717, 1.165) is 21.7 Å². The molecule has 2 aromatic heterocycles. The quantitative estimate of drug-likeness (QED) is 0.581. The summed E-state index contributed by atoms with van der Waals surface area (Å²) >= 11 is 0. The Labute approximate surface area is 149 Å². The summed E-state index contributed by atoms with van der Waals surface area (Å²) in [6, 6.07) is 2.56. The average molecular weight is 389 g/mol. The van der Waals surface area contributed by atoms with Crippen LogP contribution in [-0.4, -0.2) is 47.2 Å². The largest absolute Gasteiger partial charge is 0.478 e. The number of nitrogens with zero attached hydrogens (tertiary/aromatic N) is 3. The van der Waals surface area contributed by atoms with Crippen molar-refractivity contribution < 1.29 is 36.2 Å². The van der Waals surface area contributed by atoms with Crippen LogP contribution < -0.4 is 4.74 Å². The summed E-state index contributed by atoms with van der Waals surface area (Å²) in [4.78, 5) is 11.9. The van der Waals surface area contributed by atoms with E-state index in [0.29, 0.717) is 11.8 Å². The van der Waals surface area contributed by atoms with Gasteiger partial charge in [-0.3, -0.25) is 4.79 Å². The van der Waals surface area contributed by atoms with E-state index in [4.69, 9.17) is 4.74 Å². The molecule has 0 spiro atoms. The van der Waals surface area contributed by atoms with Crippen LogP contribution in [0.15, 0.2) is 41.9 Å². The van der Waals surface area contributed by atoms with Gasteiger partial charge in [0, 0.05) is 19.2 Å². The molecule has 0 amide bonds. The Kier molecular flexibility index (Phi) is 4.77. The molecule has 0 fully saturated rings. The van der Waals surface area contributed by atoms with Gasteiger partial charge in [-0.2, -0.15) is 18.3 Å². The number of carbonyl (C=O) groups is 1. The number of hydrogen-bond donors (Lipinski definition) is 0. The summed E-state index contributed by atoms with van der Waals surface area (Å²) in [6.07, 6.45) is -2.49. The number of rotatable bonds is 5. The lowest BCUT2D eigenvalue weighted by Gasteiger charge is -2.27. The number of carbonyl (C=O) groups excluding carboxylic acids is 1. The lowest BCUT2D eigenvalue weighted by atomic mass is 10.3. The van der Waals surface area contributed by atoms with Gasteiger partial charge in [-0.25, -0.2) is 13.3 Å². The third-order valence-electron chi connectivity index (χ3n) is 3.49. The summed E-state index contributed by atoms with van der Waals surface area (Å²) in [7, 11) is 1.35. The second kappa shape index (κ2) is 6.89. The van der Waals surface area contributed by atoms with Gasteiger partial charge in [0.1, 0.15) is 11.5 Å². The Balaban J connectivity index is 1.97. The van der Waals surface area contributed by atoms with Crippen molar-refractivity contribution in [3.8, 4) is 5.75 Å². The summed E-state index contributed by atoms with van der Waals surface area (Å²) < 4.78 is 76.2. The maximum atomic E-state index is 14.3. The first-order chi connectivity index (χ1) is 12.7. The third-order valence-corrected chi connectivity index (χ3v) is 3.49. The Bertz CT molecular complexity index is 949. The molecule has 144 valence electrons. The van der Waals surface area contributed by atoms with Gasteiger partial charge in [0.25, 0.3) is 0 Å². The third kappa shape index (κ3) is 4.18. The second-order valence-corrected chi connectivity index (χ2v) is 5.66. The number of fused-ring (bicyclic) bond motifs is 1. The van der Waals surface area contributed by atoms with Crippen LogP contribution in [0.4, 0.5) is 22.0 Å². The van der Waals surface area contributed by atoms with Crippen molar-refractivity contribution in [3.63, 3.8) is 0 Å². The Morgan fingerprint density at radius 2 is 2.04 bits per heavy atom. The molecule has 2 aromatic rings. The number of pyridine rings is 1. The SMILES string of the molecule is CN1CC(F)=CC(OCC(F)(F)F)=C1Oc1cc2cc(C=O)nn2cc1F. The fourth-order valence-electron chi connectivity index (χ4n) is 2.38. The highest BCUT2D eigenvalue weighted by molar-refractivity contribution is 5.75. The number of ether oxygens (including phenoxy) is 2. The Morgan fingerprint density at radius 1 is 1.30 bits per heavy atom. The summed E-state index contributed by atoms with van der Waals surface area (Å²) in [5.74, 6) is -2.82. The van der Waals surface area contributed by atoms with Crippen LogP contribution in [0, 0.1) is 5.82 Å². The molecule has 0 radical (unpaired) electrons. The van der Waals surface area contributed by atoms with E-state index in [-0.39, 0.29) is 23.9 Å². The topological polar surface area (TPSA) is 56.1 Å². The zero-order valence-corrected chi connectivity index (χ0v) is 13.8. The molecule has 1 aliphatic rings. The number of alkyl halides is 3. The van der Waals surface area contributed by atoms with Gasteiger partial charge in [0.05, 0.1) is 18.3 Å². The van der Waals surface area contributed by atoms with Crippen LogP contribution >= 0.6 is 0 Å². The Morgan fingerprint density at radius 3 is 2.70 bits per heavy atom. The van der Waals surface area contributed by atoms with E-state index in [1.54, 1.807) is 0 Å². The second-order valence-electron chi connectivity index (χ2n) is 5.66. The van der Waals surface area contributed by atoms with Crippen LogP contribution in [0.2, 0.25) is 0 Å². The fraction of sp³-hybridized carbons (Fsp3) is 0.250. The Hall–Kier alpha value is -3.11. The van der Waals surface area contributed by atoms with Gasteiger partial charge in [-0.1, -0.05) is 0 Å². The number of aldehydes is 1. The van der Waals surface area contributed by atoms with Crippen LogP contribution in [0.3, 0.4) is 0 Å². The number of aromatic nitrogens is 2. The van der Waals surface area contributed by atoms with E-state index in [2.05, 4.69) is 9.84 Å². The highest BCUT2D eigenvalue weighted by Gasteiger charge is 2.31. The van der Waals surface area contributed by atoms with Gasteiger partial charge in [0.2, 0.25) is 5.88 Å².